The minimum absolute atomic E-state index is 0.290. The van der Waals surface area contributed by atoms with Gasteiger partial charge in [0.15, 0.2) is 0 Å². The van der Waals surface area contributed by atoms with Crippen LogP contribution in [0.5, 0.6) is 11.5 Å². The van der Waals surface area contributed by atoms with Gasteiger partial charge in [-0.1, -0.05) is 30.3 Å². The SMILES string of the molecule is COc1cccc(OC)c1-c1ccc(CC(N)C(=O)O)cc1. The van der Waals surface area contributed by atoms with Crippen molar-refractivity contribution in [3.63, 3.8) is 0 Å². The zero-order valence-corrected chi connectivity index (χ0v) is 12.6. The van der Waals surface area contributed by atoms with Gasteiger partial charge in [0.25, 0.3) is 0 Å². The third-order valence-electron chi connectivity index (χ3n) is 3.44. The number of ether oxygens (including phenoxy) is 2. The fourth-order valence-electron chi connectivity index (χ4n) is 2.28. The smallest absolute Gasteiger partial charge is 0.320 e. The third-order valence-corrected chi connectivity index (χ3v) is 3.44. The Labute approximate surface area is 129 Å². The Kier molecular flexibility index (Phi) is 5.01. The van der Waals surface area contributed by atoms with Crippen molar-refractivity contribution in [1.29, 1.82) is 0 Å². The summed E-state index contributed by atoms with van der Waals surface area (Å²) in [4.78, 5) is 10.8. The Bertz CT molecular complexity index is 630. The first-order chi connectivity index (χ1) is 10.6. The van der Waals surface area contributed by atoms with E-state index in [4.69, 9.17) is 20.3 Å². The van der Waals surface area contributed by atoms with Crippen LogP contribution in [0.1, 0.15) is 5.56 Å². The van der Waals surface area contributed by atoms with Crippen LogP contribution in [0.3, 0.4) is 0 Å². The molecule has 0 fully saturated rings. The van der Waals surface area contributed by atoms with Crippen LogP contribution in [0.25, 0.3) is 11.1 Å². The first kappa shape index (κ1) is 15.9. The number of hydrogen-bond donors (Lipinski definition) is 2. The zero-order valence-electron chi connectivity index (χ0n) is 12.6. The van der Waals surface area contributed by atoms with Gasteiger partial charge in [-0.05, 0) is 29.7 Å². The molecule has 116 valence electrons. The topological polar surface area (TPSA) is 81.8 Å². The number of nitrogens with two attached hydrogens (primary N) is 1. The predicted octanol–water partition coefficient (Wildman–Crippen LogP) is 2.33. The van der Waals surface area contributed by atoms with Crippen LogP contribution in [0.15, 0.2) is 42.5 Å². The second-order valence-electron chi connectivity index (χ2n) is 4.88. The van der Waals surface area contributed by atoms with E-state index in [0.717, 1.165) is 16.7 Å². The predicted molar refractivity (Wildman–Crippen MR) is 84.3 cm³/mol. The highest BCUT2D eigenvalue weighted by molar-refractivity contribution is 5.77. The molecule has 1 atom stereocenters. The van der Waals surface area contributed by atoms with Gasteiger partial charge in [-0.25, -0.2) is 0 Å². The molecule has 0 saturated carbocycles. The van der Waals surface area contributed by atoms with Crippen LogP contribution in [-0.2, 0) is 11.2 Å². The lowest BCUT2D eigenvalue weighted by Gasteiger charge is -2.14. The first-order valence-corrected chi connectivity index (χ1v) is 6.85. The Balaban J connectivity index is 2.33. The van der Waals surface area contributed by atoms with Crippen molar-refractivity contribution >= 4 is 5.97 Å². The van der Waals surface area contributed by atoms with Gasteiger partial charge in [-0.3, -0.25) is 4.79 Å². The van der Waals surface area contributed by atoms with Gasteiger partial charge in [0.1, 0.15) is 17.5 Å². The van der Waals surface area contributed by atoms with E-state index in [9.17, 15) is 4.79 Å². The molecule has 1 unspecified atom stereocenters. The van der Waals surface area contributed by atoms with Crippen molar-refractivity contribution in [3.8, 4) is 22.6 Å². The molecule has 5 heteroatoms. The van der Waals surface area contributed by atoms with Crippen molar-refractivity contribution in [2.75, 3.05) is 14.2 Å². The summed E-state index contributed by atoms with van der Waals surface area (Å²) < 4.78 is 10.8. The number of hydrogen-bond acceptors (Lipinski definition) is 4. The summed E-state index contributed by atoms with van der Waals surface area (Å²) >= 11 is 0. The van der Waals surface area contributed by atoms with Gasteiger partial charge in [0.05, 0.1) is 19.8 Å². The Morgan fingerprint density at radius 2 is 1.64 bits per heavy atom. The van der Waals surface area contributed by atoms with E-state index >= 15 is 0 Å². The summed E-state index contributed by atoms with van der Waals surface area (Å²) in [6.07, 6.45) is 0.290. The number of rotatable bonds is 6. The molecule has 3 N–H and O–H groups in total. The van der Waals surface area contributed by atoms with Crippen LogP contribution in [0.4, 0.5) is 0 Å². The molecule has 0 aliphatic rings. The highest BCUT2D eigenvalue weighted by atomic mass is 16.5. The lowest BCUT2D eigenvalue weighted by molar-refractivity contribution is -0.138. The maximum absolute atomic E-state index is 10.8. The van der Waals surface area contributed by atoms with E-state index in [2.05, 4.69) is 0 Å². The Morgan fingerprint density at radius 3 is 2.09 bits per heavy atom. The quantitative estimate of drug-likeness (QED) is 0.855. The molecule has 0 heterocycles. The highest BCUT2D eigenvalue weighted by Gasteiger charge is 2.14. The molecular formula is C17H19NO4. The van der Waals surface area contributed by atoms with E-state index < -0.39 is 12.0 Å². The molecular weight excluding hydrogens is 282 g/mol. The molecule has 0 bridgehead atoms. The molecule has 5 nitrogen and oxygen atoms in total. The lowest BCUT2D eigenvalue weighted by Crippen LogP contribution is -2.32. The maximum atomic E-state index is 10.8. The van der Waals surface area contributed by atoms with Gasteiger partial charge < -0.3 is 20.3 Å². The van der Waals surface area contributed by atoms with Crippen molar-refractivity contribution in [2.45, 2.75) is 12.5 Å². The van der Waals surface area contributed by atoms with Crippen LogP contribution in [0.2, 0.25) is 0 Å². The number of carbonyl (C=O) groups is 1. The van der Waals surface area contributed by atoms with E-state index in [1.165, 1.54) is 0 Å². The first-order valence-electron chi connectivity index (χ1n) is 6.85. The van der Waals surface area contributed by atoms with E-state index in [1.807, 2.05) is 42.5 Å². The minimum Gasteiger partial charge on any atom is -0.496 e. The molecule has 0 amide bonds. The number of methoxy groups -OCH3 is 2. The molecule has 0 saturated heterocycles. The molecule has 0 aliphatic carbocycles. The third kappa shape index (κ3) is 3.38. The summed E-state index contributed by atoms with van der Waals surface area (Å²) in [7, 11) is 3.22. The molecule has 0 radical (unpaired) electrons. The van der Waals surface area contributed by atoms with Gasteiger partial charge in [-0.2, -0.15) is 0 Å². The summed E-state index contributed by atoms with van der Waals surface area (Å²) in [5.41, 5.74) is 8.21. The van der Waals surface area contributed by atoms with Crippen LogP contribution < -0.4 is 15.2 Å². The van der Waals surface area contributed by atoms with E-state index in [1.54, 1.807) is 14.2 Å². The maximum Gasteiger partial charge on any atom is 0.320 e. The zero-order chi connectivity index (χ0) is 16.1. The average Bonchev–Trinajstić information content (AvgIpc) is 2.54. The molecule has 0 spiro atoms. The number of aliphatic carboxylic acids is 1. The fourth-order valence-corrected chi connectivity index (χ4v) is 2.28. The molecule has 0 aliphatic heterocycles. The van der Waals surface area contributed by atoms with Crippen LogP contribution in [-0.4, -0.2) is 31.3 Å². The van der Waals surface area contributed by atoms with Crippen molar-refractivity contribution in [1.82, 2.24) is 0 Å². The fraction of sp³-hybridized carbons (Fsp3) is 0.235. The summed E-state index contributed by atoms with van der Waals surface area (Å²) in [5.74, 6) is 0.430. The Morgan fingerprint density at radius 1 is 1.09 bits per heavy atom. The van der Waals surface area contributed by atoms with Crippen molar-refractivity contribution in [3.05, 3.63) is 48.0 Å². The van der Waals surface area contributed by atoms with Crippen LogP contribution in [0, 0.1) is 0 Å². The summed E-state index contributed by atoms with van der Waals surface area (Å²) in [6.45, 7) is 0. The van der Waals surface area contributed by atoms with E-state index in [-0.39, 0.29) is 0 Å². The van der Waals surface area contributed by atoms with Gasteiger partial charge in [0, 0.05) is 0 Å². The largest absolute Gasteiger partial charge is 0.496 e. The van der Waals surface area contributed by atoms with Crippen LogP contribution >= 0.6 is 0 Å². The molecule has 0 aromatic heterocycles. The normalized spacial score (nSPS) is 11.8. The molecule has 2 aromatic rings. The number of carboxylic acids is 1. The highest BCUT2D eigenvalue weighted by Crippen LogP contribution is 2.38. The molecule has 22 heavy (non-hydrogen) atoms. The molecule has 2 aromatic carbocycles. The molecule has 2 rings (SSSR count). The van der Waals surface area contributed by atoms with Crippen molar-refractivity contribution < 1.29 is 19.4 Å². The number of benzene rings is 2. The monoisotopic (exact) mass is 301 g/mol. The Hall–Kier alpha value is -2.53. The summed E-state index contributed by atoms with van der Waals surface area (Å²) in [5, 5.41) is 8.85. The average molecular weight is 301 g/mol. The van der Waals surface area contributed by atoms with E-state index in [0.29, 0.717) is 17.9 Å². The van der Waals surface area contributed by atoms with Crippen molar-refractivity contribution in [2.24, 2.45) is 5.73 Å². The second-order valence-corrected chi connectivity index (χ2v) is 4.88. The van der Waals surface area contributed by atoms with Gasteiger partial charge in [-0.15, -0.1) is 0 Å². The number of carboxylic acid groups (broad SMARTS) is 1. The second kappa shape index (κ2) is 6.95. The standard InChI is InChI=1S/C17H19NO4/c1-21-14-4-3-5-15(22-2)16(14)12-8-6-11(7-9-12)10-13(18)17(19)20/h3-9,13H,10,18H2,1-2H3,(H,19,20). The van der Waals surface area contributed by atoms with Gasteiger partial charge >= 0.3 is 5.97 Å². The lowest BCUT2D eigenvalue weighted by atomic mass is 9.99. The van der Waals surface area contributed by atoms with Gasteiger partial charge in [0.2, 0.25) is 0 Å². The summed E-state index contributed by atoms with van der Waals surface area (Å²) in [6, 6.07) is 12.2. The minimum atomic E-state index is -1.00.